The molecule has 0 saturated heterocycles. The minimum absolute atomic E-state index is 0.212. The highest BCUT2D eigenvalue weighted by Gasteiger charge is 2.05. The van der Waals surface area contributed by atoms with Crippen molar-refractivity contribution in [2.45, 2.75) is 6.42 Å². The Kier molecular flexibility index (Phi) is 3.62. The lowest BCUT2D eigenvalue weighted by Crippen LogP contribution is -1.94. The smallest absolute Gasteiger partial charge is 0.211 e. The molecule has 0 aliphatic rings. The van der Waals surface area contributed by atoms with Gasteiger partial charge in [-0.3, -0.25) is 0 Å². The molecule has 1 rings (SSSR count). The van der Waals surface area contributed by atoms with E-state index in [9.17, 15) is 9.18 Å². The maximum Gasteiger partial charge on any atom is 0.234 e. The van der Waals surface area contributed by atoms with Crippen LogP contribution in [0.3, 0.4) is 0 Å². The first-order valence-corrected chi connectivity index (χ1v) is 4.10. The van der Waals surface area contributed by atoms with Crippen LogP contribution < -0.4 is 0 Å². The number of benzene rings is 1. The standard InChI is InChI=1S/C9H7ClFNO/c10-8-2-1-3-9(11)7(8)4-5-12-6-13/h1-3H,4-5H2. The van der Waals surface area contributed by atoms with Crippen molar-refractivity contribution in [3.63, 3.8) is 0 Å². The zero-order valence-electron chi connectivity index (χ0n) is 6.76. The van der Waals surface area contributed by atoms with Crippen molar-refractivity contribution in [1.29, 1.82) is 0 Å². The van der Waals surface area contributed by atoms with E-state index in [4.69, 9.17) is 11.6 Å². The molecule has 0 aliphatic carbocycles. The molecule has 0 atom stereocenters. The number of halogens is 2. The average Bonchev–Trinajstić information content (AvgIpc) is 2.10. The predicted molar refractivity (Wildman–Crippen MR) is 48.1 cm³/mol. The molecule has 0 aliphatic heterocycles. The van der Waals surface area contributed by atoms with Gasteiger partial charge in [-0.05, 0) is 18.6 Å². The Bertz CT molecular complexity index is 327. The summed E-state index contributed by atoms with van der Waals surface area (Å²) in [4.78, 5) is 13.1. The second-order valence-electron chi connectivity index (χ2n) is 2.42. The van der Waals surface area contributed by atoms with E-state index in [0.29, 0.717) is 17.0 Å². The van der Waals surface area contributed by atoms with Crippen LogP contribution in [0.25, 0.3) is 0 Å². The molecule has 4 heteroatoms. The number of isocyanates is 1. The average molecular weight is 200 g/mol. The first kappa shape index (κ1) is 9.90. The molecule has 13 heavy (non-hydrogen) atoms. The van der Waals surface area contributed by atoms with Crippen LogP contribution in [-0.2, 0) is 11.2 Å². The molecule has 0 saturated carbocycles. The van der Waals surface area contributed by atoms with Gasteiger partial charge in [0.15, 0.2) is 0 Å². The number of rotatable bonds is 3. The summed E-state index contributed by atoms with van der Waals surface area (Å²) < 4.78 is 13.1. The van der Waals surface area contributed by atoms with Gasteiger partial charge in [-0.25, -0.2) is 14.2 Å². The van der Waals surface area contributed by atoms with E-state index >= 15 is 0 Å². The third kappa shape index (κ3) is 2.65. The number of aliphatic imine (C=N–C) groups is 1. The van der Waals surface area contributed by atoms with E-state index in [-0.39, 0.29) is 12.4 Å². The molecule has 1 aromatic rings. The van der Waals surface area contributed by atoms with Crippen molar-refractivity contribution < 1.29 is 9.18 Å². The van der Waals surface area contributed by atoms with E-state index in [0.717, 1.165) is 0 Å². The SMILES string of the molecule is O=C=NCCc1c(F)cccc1Cl. The van der Waals surface area contributed by atoms with Crippen LogP contribution in [0, 0.1) is 5.82 Å². The zero-order valence-corrected chi connectivity index (χ0v) is 7.51. The molecule has 1 aromatic carbocycles. The highest BCUT2D eigenvalue weighted by molar-refractivity contribution is 6.31. The second kappa shape index (κ2) is 4.75. The summed E-state index contributed by atoms with van der Waals surface area (Å²) in [6.45, 7) is 0.212. The van der Waals surface area contributed by atoms with Gasteiger partial charge < -0.3 is 0 Å². The number of carbonyl (C=O) groups excluding carboxylic acids is 1. The molecule has 0 aromatic heterocycles. The first-order chi connectivity index (χ1) is 6.25. The third-order valence-corrected chi connectivity index (χ3v) is 1.95. The predicted octanol–water partition coefficient (Wildman–Crippen LogP) is 2.36. The van der Waals surface area contributed by atoms with Crippen molar-refractivity contribution in [2.24, 2.45) is 4.99 Å². The molecule has 68 valence electrons. The molecular weight excluding hydrogens is 193 g/mol. The van der Waals surface area contributed by atoms with Gasteiger partial charge in [0.1, 0.15) is 5.82 Å². The summed E-state index contributed by atoms with van der Waals surface area (Å²) in [6, 6.07) is 4.46. The molecule has 2 nitrogen and oxygen atoms in total. The minimum atomic E-state index is -0.367. The van der Waals surface area contributed by atoms with Gasteiger partial charge in [-0.2, -0.15) is 0 Å². The Morgan fingerprint density at radius 1 is 1.54 bits per heavy atom. The zero-order chi connectivity index (χ0) is 9.68. The summed E-state index contributed by atoms with van der Waals surface area (Å²) >= 11 is 5.73. The van der Waals surface area contributed by atoms with Crippen molar-refractivity contribution >= 4 is 17.7 Å². The molecule has 0 spiro atoms. The topological polar surface area (TPSA) is 29.4 Å². The Hall–Kier alpha value is -1.18. The van der Waals surface area contributed by atoms with E-state index < -0.39 is 0 Å². The van der Waals surface area contributed by atoms with Crippen LogP contribution in [0.1, 0.15) is 5.56 Å². The van der Waals surface area contributed by atoms with Crippen molar-refractivity contribution in [3.8, 4) is 0 Å². The molecule has 0 heterocycles. The highest BCUT2D eigenvalue weighted by atomic mass is 35.5. The van der Waals surface area contributed by atoms with Gasteiger partial charge in [-0.1, -0.05) is 17.7 Å². The minimum Gasteiger partial charge on any atom is -0.211 e. The van der Waals surface area contributed by atoms with Gasteiger partial charge in [0.2, 0.25) is 6.08 Å². The lowest BCUT2D eigenvalue weighted by molar-refractivity contribution is 0.562. The number of hydrogen-bond donors (Lipinski definition) is 0. The molecule has 0 fully saturated rings. The first-order valence-electron chi connectivity index (χ1n) is 3.72. The quantitative estimate of drug-likeness (QED) is 0.543. The lowest BCUT2D eigenvalue weighted by Gasteiger charge is -2.01. The molecular formula is C9H7ClFNO. The Labute approximate surface area is 80.1 Å². The summed E-state index contributed by atoms with van der Waals surface area (Å²) in [7, 11) is 0. The van der Waals surface area contributed by atoms with Crippen LogP contribution in [0.2, 0.25) is 5.02 Å². The van der Waals surface area contributed by atoms with Gasteiger partial charge in [0.05, 0.1) is 6.54 Å². The van der Waals surface area contributed by atoms with Crippen LogP contribution >= 0.6 is 11.6 Å². The Balaban J connectivity index is 2.80. The summed E-state index contributed by atoms with van der Waals surface area (Å²) in [6.07, 6.45) is 1.71. The fraction of sp³-hybridized carbons (Fsp3) is 0.222. The van der Waals surface area contributed by atoms with E-state index in [1.165, 1.54) is 18.2 Å². The third-order valence-electron chi connectivity index (χ3n) is 1.60. The van der Waals surface area contributed by atoms with E-state index in [2.05, 4.69) is 4.99 Å². The number of nitrogens with zero attached hydrogens (tertiary/aromatic N) is 1. The highest BCUT2D eigenvalue weighted by Crippen LogP contribution is 2.19. The van der Waals surface area contributed by atoms with Crippen LogP contribution in [0.5, 0.6) is 0 Å². The van der Waals surface area contributed by atoms with Crippen LogP contribution in [0.4, 0.5) is 4.39 Å². The van der Waals surface area contributed by atoms with Gasteiger partial charge >= 0.3 is 0 Å². The van der Waals surface area contributed by atoms with Crippen LogP contribution in [-0.4, -0.2) is 12.6 Å². The van der Waals surface area contributed by atoms with Crippen molar-refractivity contribution in [3.05, 3.63) is 34.6 Å². The van der Waals surface area contributed by atoms with Crippen molar-refractivity contribution in [2.75, 3.05) is 6.54 Å². The van der Waals surface area contributed by atoms with Gasteiger partial charge in [0, 0.05) is 10.6 Å². The van der Waals surface area contributed by atoms with Crippen molar-refractivity contribution in [1.82, 2.24) is 0 Å². The molecule has 0 amide bonds. The lowest BCUT2D eigenvalue weighted by atomic mass is 10.1. The van der Waals surface area contributed by atoms with E-state index in [1.807, 2.05) is 0 Å². The fourth-order valence-corrected chi connectivity index (χ4v) is 1.24. The fourth-order valence-electron chi connectivity index (χ4n) is 0.985. The molecule has 0 bridgehead atoms. The van der Waals surface area contributed by atoms with Crippen LogP contribution in [0.15, 0.2) is 23.2 Å². The largest absolute Gasteiger partial charge is 0.234 e. The normalized spacial score (nSPS) is 9.38. The maximum absolute atomic E-state index is 13.1. The monoisotopic (exact) mass is 199 g/mol. The number of hydrogen-bond acceptors (Lipinski definition) is 2. The second-order valence-corrected chi connectivity index (χ2v) is 2.83. The van der Waals surface area contributed by atoms with Gasteiger partial charge in [-0.15, -0.1) is 0 Å². The molecule has 0 unspecified atom stereocenters. The summed E-state index contributed by atoms with van der Waals surface area (Å²) in [5.74, 6) is -0.367. The summed E-state index contributed by atoms with van der Waals surface area (Å²) in [5.41, 5.74) is 0.392. The molecule has 0 radical (unpaired) electrons. The van der Waals surface area contributed by atoms with E-state index in [1.54, 1.807) is 6.07 Å². The molecule has 0 N–H and O–H groups in total. The van der Waals surface area contributed by atoms with Gasteiger partial charge in [0.25, 0.3) is 0 Å². The Morgan fingerprint density at radius 2 is 2.31 bits per heavy atom. The maximum atomic E-state index is 13.1. The summed E-state index contributed by atoms with van der Waals surface area (Å²) in [5, 5.41) is 0.362. The Morgan fingerprint density at radius 3 is 2.92 bits per heavy atom.